The van der Waals surface area contributed by atoms with Crippen LogP contribution in [0.25, 0.3) is 0 Å². The Bertz CT molecular complexity index is 1290. The number of rotatable bonds is 8. The van der Waals surface area contributed by atoms with Crippen LogP contribution in [0.1, 0.15) is 61.5 Å². The van der Waals surface area contributed by atoms with E-state index in [-0.39, 0.29) is 30.5 Å². The van der Waals surface area contributed by atoms with Gasteiger partial charge in [0, 0.05) is 29.8 Å². The van der Waals surface area contributed by atoms with Crippen molar-refractivity contribution in [3.05, 3.63) is 87.9 Å². The summed E-state index contributed by atoms with van der Waals surface area (Å²) in [6, 6.07) is 20.1. The highest BCUT2D eigenvalue weighted by Gasteiger charge is 2.36. The summed E-state index contributed by atoms with van der Waals surface area (Å²) in [7, 11) is 1.64. The first kappa shape index (κ1) is 27.5. The molecule has 0 spiro atoms. The number of halogens is 1. The summed E-state index contributed by atoms with van der Waals surface area (Å²) in [5.41, 5.74) is 5.05. The van der Waals surface area contributed by atoms with Gasteiger partial charge in [0.2, 0.25) is 5.91 Å². The third kappa shape index (κ3) is 5.79. The molecule has 3 atom stereocenters. The fraction of sp³-hybridized carbons (Fsp3) is 0.406. The largest absolute Gasteiger partial charge is 0.493 e. The number of anilines is 1. The van der Waals surface area contributed by atoms with Gasteiger partial charge in [-0.2, -0.15) is 0 Å². The molecule has 39 heavy (non-hydrogen) atoms. The molecular formula is C32H37ClN2O4. The van der Waals surface area contributed by atoms with Crippen LogP contribution < -0.4 is 14.4 Å². The van der Waals surface area contributed by atoms with E-state index >= 15 is 0 Å². The number of carbonyl (C=O) groups is 1. The topological polar surface area (TPSA) is 51.2 Å². The SMILES string of the molecule is CC[C@@H](C)Oc1cc2c(cc1OC)CC(=O)N(c1ccc(C(C)N3CCOCC3)cc1)C2c1ccc(Cl)cc1. The molecule has 206 valence electrons. The average molecular weight is 549 g/mol. The fourth-order valence-corrected chi connectivity index (χ4v) is 5.59. The summed E-state index contributed by atoms with van der Waals surface area (Å²) >= 11 is 6.25. The Morgan fingerprint density at radius 1 is 1.00 bits per heavy atom. The van der Waals surface area contributed by atoms with Gasteiger partial charge in [-0.1, -0.05) is 42.8 Å². The van der Waals surface area contributed by atoms with Crippen molar-refractivity contribution in [3.63, 3.8) is 0 Å². The highest BCUT2D eigenvalue weighted by molar-refractivity contribution is 6.30. The summed E-state index contributed by atoms with van der Waals surface area (Å²) in [5, 5.41) is 0.657. The van der Waals surface area contributed by atoms with E-state index in [1.54, 1.807) is 7.11 Å². The number of hydrogen-bond donors (Lipinski definition) is 0. The Kier molecular flexibility index (Phi) is 8.46. The van der Waals surface area contributed by atoms with Crippen molar-refractivity contribution in [2.45, 2.75) is 51.8 Å². The van der Waals surface area contributed by atoms with Crippen LogP contribution in [0.5, 0.6) is 11.5 Å². The number of methoxy groups -OCH3 is 1. The summed E-state index contributed by atoms with van der Waals surface area (Å²) in [5.74, 6) is 1.37. The summed E-state index contributed by atoms with van der Waals surface area (Å²) in [6.07, 6.45) is 1.19. The maximum Gasteiger partial charge on any atom is 0.232 e. The van der Waals surface area contributed by atoms with Gasteiger partial charge in [0.05, 0.1) is 38.9 Å². The van der Waals surface area contributed by atoms with Crippen LogP contribution in [-0.4, -0.2) is 50.3 Å². The third-order valence-electron chi connectivity index (χ3n) is 7.92. The molecule has 3 aromatic carbocycles. The lowest BCUT2D eigenvalue weighted by molar-refractivity contribution is -0.118. The van der Waals surface area contributed by atoms with Gasteiger partial charge >= 0.3 is 0 Å². The summed E-state index contributed by atoms with van der Waals surface area (Å²) < 4.78 is 17.5. The predicted molar refractivity (Wildman–Crippen MR) is 155 cm³/mol. The molecule has 1 amide bonds. The maximum absolute atomic E-state index is 13.8. The minimum absolute atomic E-state index is 0.0354. The van der Waals surface area contributed by atoms with Gasteiger partial charge in [-0.25, -0.2) is 0 Å². The predicted octanol–water partition coefficient (Wildman–Crippen LogP) is 6.60. The van der Waals surface area contributed by atoms with Crippen molar-refractivity contribution in [2.24, 2.45) is 0 Å². The van der Waals surface area contributed by atoms with E-state index in [0.717, 1.165) is 55.1 Å². The van der Waals surface area contributed by atoms with Gasteiger partial charge in [0.25, 0.3) is 0 Å². The van der Waals surface area contributed by atoms with Crippen LogP contribution in [0.2, 0.25) is 5.02 Å². The van der Waals surface area contributed by atoms with Crippen LogP contribution >= 0.6 is 11.6 Å². The van der Waals surface area contributed by atoms with E-state index in [0.29, 0.717) is 16.5 Å². The van der Waals surface area contributed by atoms with Crippen molar-refractivity contribution in [1.29, 1.82) is 0 Å². The van der Waals surface area contributed by atoms with Gasteiger partial charge < -0.3 is 19.1 Å². The molecule has 0 bridgehead atoms. The lowest BCUT2D eigenvalue weighted by Crippen LogP contribution is -2.41. The Morgan fingerprint density at radius 3 is 2.33 bits per heavy atom. The zero-order valence-corrected chi connectivity index (χ0v) is 23.9. The third-order valence-corrected chi connectivity index (χ3v) is 8.18. The number of amides is 1. The normalized spacial score (nSPS) is 19.4. The first-order chi connectivity index (χ1) is 18.9. The number of benzene rings is 3. The molecule has 2 aliphatic rings. The fourth-order valence-electron chi connectivity index (χ4n) is 5.46. The van der Waals surface area contributed by atoms with E-state index < -0.39 is 0 Å². The van der Waals surface area contributed by atoms with Crippen LogP contribution in [0.15, 0.2) is 60.7 Å². The molecule has 7 heteroatoms. The van der Waals surface area contributed by atoms with Gasteiger partial charge in [-0.3, -0.25) is 9.69 Å². The Labute approximate surface area is 236 Å². The molecule has 1 fully saturated rings. The highest BCUT2D eigenvalue weighted by Crippen LogP contribution is 2.44. The molecule has 0 aliphatic carbocycles. The molecule has 0 N–H and O–H groups in total. The number of morpholine rings is 1. The molecule has 0 saturated carbocycles. The summed E-state index contributed by atoms with van der Waals surface area (Å²) in [4.78, 5) is 18.1. The first-order valence-corrected chi connectivity index (χ1v) is 14.1. The van der Waals surface area contributed by atoms with Gasteiger partial charge in [0.15, 0.2) is 11.5 Å². The number of ether oxygens (including phenoxy) is 3. The lowest BCUT2D eigenvalue weighted by Gasteiger charge is -2.38. The number of carbonyl (C=O) groups excluding carboxylic acids is 1. The van der Waals surface area contributed by atoms with E-state index in [1.807, 2.05) is 48.2 Å². The van der Waals surface area contributed by atoms with Crippen molar-refractivity contribution in [3.8, 4) is 11.5 Å². The molecule has 0 aromatic heterocycles. The van der Waals surface area contributed by atoms with E-state index in [2.05, 4.69) is 43.0 Å². The Balaban J connectivity index is 1.56. The number of fused-ring (bicyclic) bond motifs is 1. The number of nitrogens with zero attached hydrogens (tertiary/aromatic N) is 2. The molecule has 2 heterocycles. The van der Waals surface area contributed by atoms with Crippen LogP contribution in [0.3, 0.4) is 0 Å². The zero-order chi connectivity index (χ0) is 27.5. The second kappa shape index (κ2) is 12.0. The van der Waals surface area contributed by atoms with Crippen LogP contribution in [-0.2, 0) is 16.0 Å². The molecule has 6 nitrogen and oxygen atoms in total. The zero-order valence-electron chi connectivity index (χ0n) is 23.2. The van der Waals surface area contributed by atoms with E-state index in [4.69, 9.17) is 25.8 Å². The van der Waals surface area contributed by atoms with Crippen molar-refractivity contribution >= 4 is 23.2 Å². The molecule has 0 radical (unpaired) electrons. The molecule has 5 rings (SSSR count). The highest BCUT2D eigenvalue weighted by atomic mass is 35.5. The average Bonchev–Trinajstić information content (AvgIpc) is 2.97. The second-order valence-corrected chi connectivity index (χ2v) is 10.8. The molecule has 2 aliphatic heterocycles. The van der Waals surface area contributed by atoms with Crippen molar-refractivity contribution in [1.82, 2.24) is 4.90 Å². The minimum atomic E-state index is -0.328. The van der Waals surface area contributed by atoms with Gasteiger partial charge in [-0.15, -0.1) is 0 Å². The molecule has 2 unspecified atom stereocenters. The first-order valence-electron chi connectivity index (χ1n) is 13.8. The summed E-state index contributed by atoms with van der Waals surface area (Å²) in [6.45, 7) is 9.74. The molecule has 1 saturated heterocycles. The second-order valence-electron chi connectivity index (χ2n) is 10.3. The van der Waals surface area contributed by atoms with Crippen LogP contribution in [0, 0.1) is 0 Å². The smallest absolute Gasteiger partial charge is 0.232 e. The van der Waals surface area contributed by atoms with E-state index in [1.165, 1.54) is 5.56 Å². The molecule has 3 aromatic rings. The van der Waals surface area contributed by atoms with Gasteiger partial charge in [-0.05, 0) is 78.9 Å². The van der Waals surface area contributed by atoms with Crippen LogP contribution in [0.4, 0.5) is 5.69 Å². The maximum atomic E-state index is 13.8. The molecular weight excluding hydrogens is 512 g/mol. The van der Waals surface area contributed by atoms with Crippen molar-refractivity contribution < 1.29 is 19.0 Å². The Morgan fingerprint density at radius 2 is 1.69 bits per heavy atom. The monoisotopic (exact) mass is 548 g/mol. The lowest BCUT2D eigenvalue weighted by atomic mass is 9.86. The van der Waals surface area contributed by atoms with E-state index in [9.17, 15) is 4.79 Å². The van der Waals surface area contributed by atoms with Crippen molar-refractivity contribution in [2.75, 3.05) is 38.3 Å². The number of hydrogen-bond acceptors (Lipinski definition) is 5. The quantitative estimate of drug-likeness (QED) is 0.317. The Hall–Kier alpha value is -3.06. The standard InChI is InChI=1S/C32H37ClN2O4/c1-5-21(2)39-30-20-28-25(18-29(30)37-4)19-31(36)35(32(28)24-6-10-26(33)11-7-24)27-12-8-23(9-13-27)22(3)34-14-16-38-17-15-34/h6-13,18,20-22,32H,5,14-17,19H2,1-4H3/t21-,22?,32?/m1/s1. The minimum Gasteiger partial charge on any atom is -0.493 e. The van der Waals surface area contributed by atoms with Gasteiger partial charge in [0.1, 0.15) is 0 Å².